The molecular weight excluding hydrogens is 322 g/mol. The second kappa shape index (κ2) is 9.05. The summed E-state index contributed by atoms with van der Waals surface area (Å²) in [6.07, 6.45) is 5.15. The Morgan fingerprint density at radius 1 is 1.32 bits per heavy atom. The summed E-state index contributed by atoms with van der Waals surface area (Å²) in [5, 5.41) is 17.6. The maximum absolute atomic E-state index is 10.2. The SMILES string of the molecule is COCc1cc(C[C@@H]2CC[C@H](O)[C@@H](CNCc3ccncc3)O2)no1. The van der Waals surface area contributed by atoms with Gasteiger partial charge in [-0.2, -0.15) is 0 Å². The summed E-state index contributed by atoms with van der Waals surface area (Å²) in [4.78, 5) is 4.00. The van der Waals surface area contributed by atoms with E-state index < -0.39 is 6.10 Å². The van der Waals surface area contributed by atoms with Crippen molar-refractivity contribution in [2.24, 2.45) is 0 Å². The zero-order valence-electron chi connectivity index (χ0n) is 14.4. The first kappa shape index (κ1) is 18.0. The van der Waals surface area contributed by atoms with Crippen molar-refractivity contribution in [2.75, 3.05) is 13.7 Å². The monoisotopic (exact) mass is 347 g/mol. The molecule has 0 amide bonds. The number of aromatic nitrogens is 2. The number of nitrogens with zero attached hydrogens (tertiary/aromatic N) is 2. The van der Waals surface area contributed by atoms with Gasteiger partial charge in [0.1, 0.15) is 6.61 Å². The van der Waals surface area contributed by atoms with Crippen LogP contribution >= 0.6 is 0 Å². The second-order valence-electron chi connectivity index (χ2n) is 6.35. The number of nitrogens with one attached hydrogen (secondary N) is 1. The smallest absolute Gasteiger partial charge is 0.162 e. The summed E-state index contributed by atoms with van der Waals surface area (Å²) >= 11 is 0. The van der Waals surface area contributed by atoms with Crippen molar-refractivity contribution in [2.45, 2.75) is 50.7 Å². The predicted octanol–water partition coefficient (Wildman–Crippen LogP) is 1.46. The minimum atomic E-state index is -0.442. The lowest BCUT2D eigenvalue weighted by Crippen LogP contribution is -2.45. The van der Waals surface area contributed by atoms with Crippen LogP contribution in [0.5, 0.6) is 0 Å². The first-order valence-electron chi connectivity index (χ1n) is 8.61. The molecule has 1 aliphatic heterocycles. The molecule has 2 N–H and O–H groups in total. The lowest BCUT2D eigenvalue weighted by atomic mass is 9.98. The van der Waals surface area contributed by atoms with E-state index in [2.05, 4.69) is 15.5 Å². The molecule has 2 aromatic rings. The van der Waals surface area contributed by atoms with E-state index in [0.29, 0.717) is 25.3 Å². The lowest BCUT2D eigenvalue weighted by Gasteiger charge is -2.34. The molecule has 0 bridgehead atoms. The van der Waals surface area contributed by atoms with E-state index >= 15 is 0 Å². The number of hydrogen-bond acceptors (Lipinski definition) is 7. The van der Waals surface area contributed by atoms with Crippen molar-refractivity contribution >= 4 is 0 Å². The van der Waals surface area contributed by atoms with Crippen LogP contribution in [-0.4, -0.2) is 47.2 Å². The zero-order chi connectivity index (χ0) is 17.5. The minimum absolute atomic E-state index is 0.0385. The van der Waals surface area contributed by atoms with Crippen molar-refractivity contribution in [3.8, 4) is 0 Å². The molecule has 0 aromatic carbocycles. The Balaban J connectivity index is 1.47. The lowest BCUT2D eigenvalue weighted by molar-refractivity contribution is -0.115. The van der Waals surface area contributed by atoms with Gasteiger partial charge in [-0.3, -0.25) is 4.98 Å². The molecule has 3 atom stereocenters. The van der Waals surface area contributed by atoms with Crippen LogP contribution < -0.4 is 5.32 Å². The fourth-order valence-corrected chi connectivity index (χ4v) is 3.04. The number of rotatable bonds is 8. The van der Waals surface area contributed by atoms with Crippen molar-refractivity contribution < 1.29 is 19.1 Å². The largest absolute Gasteiger partial charge is 0.390 e. The van der Waals surface area contributed by atoms with Crippen molar-refractivity contribution in [3.05, 3.63) is 47.6 Å². The van der Waals surface area contributed by atoms with Gasteiger partial charge in [-0.15, -0.1) is 0 Å². The van der Waals surface area contributed by atoms with Crippen LogP contribution in [0.15, 0.2) is 35.1 Å². The van der Waals surface area contributed by atoms with Gasteiger partial charge in [0.05, 0.1) is 24.0 Å². The molecule has 0 saturated carbocycles. The highest BCUT2D eigenvalue weighted by Crippen LogP contribution is 2.22. The summed E-state index contributed by atoms with van der Waals surface area (Å²) in [5.41, 5.74) is 2.02. The Morgan fingerprint density at radius 3 is 2.96 bits per heavy atom. The average Bonchev–Trinajstić information content (AvgIpc) is 3.06. The maximum atomic E-state index is 10.2. The normalized spacial score (nSPS) is 23.7. The fraction of sp³-hybridized carbons (Fsp3) is 0.556. The molecule has 7 heteroatoms. The maximum Gasteiger partial charge on any atom is 0.162 e. The van der Waals surface area contributed by atoms with Gasteiger partial charge in [-0.05, 0) is 30.5 Å². The summed E-state index contributed by atoms with van der Waals surface area (Å²) in [7, 11) is 1.62. The van der Waals surface area contributed by atoms with Gasteiger partial charge in [0.2, 0.25) is 0 Å². The molecule has 25 heavy (non-hydrogen) atoms. The highest BCUT2D eigenvalue weighted by molar-refractivity contribution is 5.09. The summed E-state index contributed by atoms with van der Waals surface area (Å²) < 4.78 is 16.3. The summed E-state index contributed by atoms with van der Waals surface area (Å²) in [5.74, 6) is 0.712. The predicted molar refractivity (Wildman–Crippen MR) is 90.8 cm³/mol. The number of hydrogen-bond donors (Lipinski definition) is 2. The Kier molecular flexibility index (Phi) is 6.52. The molecule has 1 fully saturated rings. The van der Waals surface area contributed by atoms with Gasteiger partial charge in [-0.25, -0.2) is 0 Å². The van der Waals surface area contributed by atoms with Crippen LogP contribution in [0, 0.1) is 0 Å². The summed E-state index contributed by atoms with van der Waals surface area (Å²) in [6.45, 7) is 1.75. The van der Waals surface area contributed by atoms with Gasteiger partial charge < -0.3 is 24.4 Å². The van der Waals surface area contributed by atoms with E-state index in [0.717, 1.165) is 30.6 Å². The van der Waals surface area contributed by atoms with E-state index in [4.69, 9.17) is 14.0 Å². The number of methoxy groups -OCH3 is 1. The molecule has 0 radical (unpaired) electrons. The Labute approximate surface area is 147 Å². The molecule has 0 aliphatic carbocycles. The van der Waals surface area contributed by atoms with Crippen LogP contribution in [0.1, 0.15) is 29.9 Å². The van der Waals surface area contributed by atoms with E-state index in [9.17, 15) is 5.11 Å². The topological polar surface area (TPSA) is 89.6 Å². The van der Waals surface area contributed by atoms with Gasteiger partial charge in [-0.1, -0.05) is 5.16 Å². The molecule has 0 spiro atoms. The third kappa shape index (κ3) is 5.34. The van der Waals surface area contributed by atoms with Crippen LogP contribution in [0.4, 0.5) is 0 Å². The van der Waals surface area contributed by atoms with Crippen molar-refractivity contribution in [1.82, 2.24) is 15.5 Å². The van der Waals surface area contributed by atoms with Gasteiger partial charge in [0.25, 0.3) is 0 Å². The first-order chi connectivity index (χ1) is 12.2. The molecule has 1 saturated heterocycles. The number of ether oxygens (including phenoxy) is 2. The zero-order valence-corrected chi connectivity index (χ0v) is 14.4. The van der Waals surface area contributed by atoms with E-state index in [1.165, 1.54) is 0 Å². The van der Waals surface area contributed by atoms with Gasteiger partial charge in [0.15, 0.2) is 5.76 Å². The van der Waals surface area contributed by atoms with Crippen molar-refractivity contribution in [1.29, 1.82) is 0 Å². The van der Waals surface area contributed by atoms with E-state index in [1.54, 1.807) is 19.5 Å². The van der Waals surface area contributed by atoms with Gasteiger partial charge in [0, 0.05) is 45.1 Å². The number of aliphatic hydroxyl groups excluding tert-OH is 1. The van der Waals surface area contributed by atoms with Crippen LogP contribution in [-0.2, 0) is 29.0 Å². The highest BCUT2D eigenvalue weighted by Gasteiger charge is 2.30. The Morgan fingerprint density at radius 2 is 2.16 bits per heavy atom. The van der Waals surface area contributed by atoms with Crippen LogP contribution in [0.3, 0.4) is 0 Å². The molecule has 7 nitrogen and oxygen atoms in total. The van der Waals surface area contributed by atoms with Crippen molar-refractivity contribution in [3.63, 3.8) is 0 Å². The first-order valence-corrected chi connectivity index (χ1v) is 8.61. The Hall–Kier alpha value is -1.80. The number of aliphatic hydroxyl groups is 1. The molecule has 1 aliphatic rings. The third-order valence-electron chi connectivity index (χ3n) is 4.34. The molecule has 136 valence electrons. The quantitative estimate of drug-likeness (QED) is 0.747. The molecule has 2 aromatic heterocycles. The molecule has 3 rings (SSSR count). The fourth-order valence-electron chi connectivity index (χ4n) is 3.04. The number of pyridine rings is 1. The highest BCUT2D eigenvalue weighted by atomic mass is 16.5. The second-order valence-corrected chi connectivity index (χ2v) is 6.35. The minimum Gasteiger partial charge on any atom is -0.390 e. The van der Waals surface area contributed by atoms with Crippen LogP contribution in [0.25, 0.3) is 0 Å². The third-order valence-corrected chi connectivity index (χ3v) is 4.34. The molecular formula is C18H25N3O4. The van der Waals surface area contributed by atoms with E-state index in [-0.39, 0.29) is 12.2 Å². The Bertz CT molecular complexity index is 634. The summed E-state index contributed by atoms with van der Waals surface area (Å²) in [6, 6.07) is 5.83. The van der Waals surface area contributed by atoms with Crippen LogP contribution in [0.2, 0.25) is 0 Å². The van der Waals surface area contributed by atoms with E-state index in [1.807, 2.05) is 18.2 Å². The van der Waals surface area contributed by atoms with Gasteiger partial charge >= 0.3 is 0 Å². The molecule has 3 heterocycles. The molecule has 0 unspecified atom stereocenters. The standard InChI is InChI=1S/C18H25N3O4/c1-23-12-16-9-14(21-25-16)8-15-2-3-17(22)18(24-15)11-20-10-13-4-6-19-7-5-13/h4-7,9,15,17-18,20,22H,2-3,8,10-12H2,1H3/t15-,17-,18+/m0/s1. The average molecular weight is 347 g/mol.